The molecule has 1 heterocycles. The van der Waals surface area contributed by atoms with Crippen molar-refractivity contribution < 1.29 is 13.5 Å². The van der Waals surface area contributed by atoms with Crippen LogP contribution in [0.4, 0.5) is 0 Å². The molecule has 0 aliphatic heterocycles. The highest BCUT2D eigenvalue weighted by Gasteiger charge is 2.24. The van der Waals surface area contributed by atoms with E-state index in [-0.39, 0.29) is 42.8 Å². The number of rotatable bonds is 8. The second kappa shape index (κ2) is 10.8. The molecule has 28 heavy (non-hydrogen) atoms. The molecule has 0 saturated heterocycles. The Hall–Kier alpha value is -1.66. The maximum absolute atomic E-state index is 12.3. The number of sulfone groups is 1. The van der Waals surface area contributed by atoms with Gasteiger partial charge in [-0.15, -0.1) is 24.0 Å². The molecule has 0 aliphatic rings. The molecule has 0 radical (unpaired) electrons. The number of aryl methyl sites for hydroxylation is 1. The zero-order valence-corrected chi connectivity index (χ0v) is 19.4. The molecule has 0 spiro atoms. The number of nitrogens with one attached hydrogen (secondary N) is 2. The highest BCUT2D eigenvalue weighted by molar-refractivity contribution is 14.0. The molecule has 0 aliphatic carbocycles. The third-order valence-corrected chi connectivity index (χ3v) is 5.71. The molecular weight excluding hydrogens is 493 g/mol. The predicted octanol–water partition coefficient (Wildman–Crippen LogP) is 1.27. The number of hydrogen-bond donors (Lipinski definition) is 3. The van der Waals surface area contributed by atoms with Crippen LogP contribution in [-0.2, 0) is 22.5 Å². The van der Waals surface area contributed by atoms with Crippen LogP contribution in [0.15, 0.2) is 52.6 Å². The minimum absolute atomic E-state index is 0. The summed E-state index contributed by atoms with van der Waals surface area (Å²) in [6.07, 6.45) is 3.34. The first-order valence-electron chi connectivity index (χ1n) is 8.76. The number of guanidine groups is 1. The summed E-state index contributed by atoms with van der Waals surface area (Å²) >= 11 is 0. The first-order chi connectivity index (χ1) is 12.7. The van der Waals surface area contributed by atoms with Crippen molar-refractivity contribution in [3.8, 4) is 0 Å². The summed E-state index contributed by atoms with van der Waals surface area (Å²) in [6.45, 7) is 4.51. The fourth-order valence-electron chi connectivity index (χ4n) is 2.41. The number of halogens is 1. The van der Waals surface area contributed by atoms with Crippen LogP contribution in [0.25, 0.3) is 0 Å². The lowest BCUT2D eigenvalue weighted by molar-refractivity contribution is 0.0672. The summed E-state index contributed by atoms with van der Waals surface area (Å²) in [6, 6.07) is 8.35. The van der Waals surface area contributed by atoms with Gasteiger partial charge in [0.1, 0.15) is 5.60 Å². The van der Waals surface area contributed by atoms with Crippen molar-refractivity contribution in [2.75, 3.05) is 25.4 Å². The zero-order valence-electron chi connectivity index (χ0n) is 16.3. The van der Waals surface area contributed by atoms with Crippen LogP contribution < -0.4 is 10.6 Å². The number of aromatic nitrogens is 2. The monoisotopic (exact) mass is 521 g/mol. The van der Waals surface area contributed by atoms with Gasteiger partial charge in [-0.25, -0.2) is 13.4 Å². The lowest BCUT2D eigenvalue weighted by Crippen LogP contribution is -2.40. The van der Waals surface area contributed by atoms with E-state index in [0.29, 0.717) is 23.0 Å². The molecule has 2 aromatic rings. The minimum atomic E-state index is -3.36. The molecular formula is C18H28IN5O3S. The molecule has 0 fully saturated rings. The molecule has 0 bridgehead atoms. The topological polar surface area (TPSA) is 109 Å². The van der Waals surface area contributed by atoms with E-state index in [1.54, 1.807) is 61.4 Å². The van der Waals surface area contributed by atoms with Crippen molar-refractivity contribution in [3.63, 3.8) is 0 Å². The van der Waals surface area contributed by atoms with Crippen LogP contribution in [0.1, 0.15) is 19.4 Å². The van der Waals surface area contributed by atoms with E-state index < -0.39 is 15.4 Å². The van der Waals surface area contributed by atoms with Crippen molar-refractivity contribution in [2.45, 2.75) is 24.3 Å². The zero-order chi connectivity index (χ0) is 19.9. The first-order valence-corrected chi connectivity index (χ1v) is 10.4. The molecule has 1 aromatic heterocycles. The van der Waals surface area contributed by atoms with Gasteiger partial charge in [0, 0.05) is 31.9 Å². The van der Waals surface area contributed by atoms with Crippen molar-refractivity contribution in [2.24, 2.45) is 12.0 Å². The minimum Gasteiger partial charge on any atom is -0.383 e. The molecule has 8 nitrogen and oxygen atoms in total. The fraction of sp³-hybridized carbons (Fsp3) is 0.444. The van der Waals surface area contributed by atoms with Gasteiger partial charge in [0.25, 0.3) is 0 Å². The molecule has 1 unspecified atom stereocenters. The van der Waals surface area contributed by atoms with E-state index in [4.69, 9.17) is 0 Å². The Labute approximate surface area is 183 Å². The number of aliphatic hydroxyl groups is 1. The third-order valence-electron chi connectivity index (χ3n) is 3.98. The van der Waals surface area contributed by atoms with E-state index in [9.17, 15) is 13.5 Å². The van der Waals surface area contributed by atoms with Gasteiger partial charge in [-0.2, -0.15) is 5.10 Å². The van der Waals surface area contributed by atoms with Crippen molar-refractivity contribution in [1.82, 2.24) is 20.4 Å². The predicted molar refractivity (Wildman–Crippen MR) is 121 cm³/mol. The van der Waals surface area contributed by atoms with Crippen LogP contribution in [0, 0.1) is 0 Å². The first kappa shape index (κ1) is 24.4. The Morgan fingerprint density at radius 2 is 1.96 bits per heavy atom. The molecule has 156 valence electrons. The second-order valence-corrected chi connectivity index (χ2v) is 8.54. The largest absolute Gasteiger partial charge is 0.383 e. The summed E-state index contributed by atoms with van der Waals surface area (Å²) in [5.74, 6) is 0.394. The Balaban J connectivity index is 0.00000392. The normalized spacial score (nSPS) is 14.1. The maximum Gasteiger partial charge on any atom is 0.191 e. The van der Waals surface area contributed by atoms with Gasteiger partial charge in [0.2, 0.25) is 0 Å². The Morgan fingerprint density at radius 3 is 2.54 bits per heavy atom. The van der Waals surface area contributed by atoms with Gasteiger partial charge >= 0.3 is 0 Å². The molecule has 2 rings (SSSR count). The van der Waals surface area contributed by atoms with Crippen LogP contribution in [-0.4, -0.2) is 54.7 Å². The lowest BCUT2D eigenvalue weighted by atomic mass is 10.0. The Morgan fingerprint density at radius 1 is 1.29 bits per heavy atom. The Bertz CT molecular complexity index is 866. The van der Waals surface area contributed by atoms with Gasteiger partial charge in [-0.3, -0.25) is 4.68 Å². The number of nitrogens with zero attached hydrogens (tertiary/aromatic N) is 3. The summed E-state index contributed by atoms with van der Waals surface area (Å²) in [4.78, 5) is 4.67. The quantitative estimate of drug-likeness (QED) is 0.275. The van der Waals surface area contributed by atoms with Crippen LogP contribution in [0.2, 0.25) is 0 Å². The molecule has 1 aromatic carbocycles. The van der Waals surface area contributed by atoms with Crippen LogP contribution in [0.5, 0.6) is 0 Å². The lowest BCUT2D eigenvalue weighted by Gasteiger charge is -2.20. The highest BCUT2D eigenvalue weighted by Crippen LogP contribution is 2.19. The van der Waals surface area contributed by atoms with Gasteiger partial charge in [-0.05, 0) is 26.0 Å². The van der Waals surface area contributed by atoms with Crippen LogP contribution in [0.3, 0.4) is 0 Å². The Kier molecular flexibility index (Phi) is 9.37. The third kappa shape index (κ3) is 7.06. The summed E-state index contributed by atoms with van der Waals surface area (Å²) in [7, 11) is -1.58. The average molecular weight is 521 g/mol. The van der Waals surface area contributed by atoms with Gasteiger partial charge in [0.05, 0.1) is 23.4 Å². The molecule has 3 N–H and O–H groups in total. The van der Waals surface area contributed by atoms with E-state index in [1.165, 1.54) is 0 Å². The van der Waals surface area contributed by atoms with E-state index in [0.717, 1.165) is 0 Å². The summed E-state index contributed by atoms with van der Waals surface area (Å²) < 4.78 is 26.3. The maximum atomic E-state index is 12.3. The summed E-state index contributed by atoms with van der Waals surface area (Å²) in [5.41, 5.74) is -0.511. The van der Waals surface area contributed by atoms with Gasteiger partial charge in [0.15, 0.2) is 15.8 Å². The summed E-state index contributed by atoms with van der Waals surface area (Å²) in [5, 5.41) is 20.7. The van der Waals surface area contributed by atoms with E-state index >= 15 is 0 Å². The number of benzene rings is 1. The standard InChI is InChI=1S/C18H27N5O3S.HI/c1-4-19-17(21-14-18(2,24)15-12-22-23(3)13-15)20-10-11-27(25,26)16-8-6-5-7-9-16;/h5-9,12-13,24H,4,10-11,14H2,1-3H3,(H2,19,20,21);1H. The van der Waals surface area contributed by atoms with E-state index in [1.807, 2.05) is 6.92 Å². The number of hydrogen-bond acceptors (Lipinski definition) is 5. The smallest absolute Gasteiger partial charge is 0.191 e. The fourth-order valence-corrected chi connectivity index (χ4v) is 3.59. The average Bonchev–Trinajstić information content (AvgIpc) is 3.08. The highest BCUT2D eigenvalue weighted by atomic mass is 127. The van der Waals surface area contributed by atoms with Gasteiger partial charge in [-0.1, -0.05) is 18.2 Å². The van der Waals surface area contributed by atoms with Crippen molar-refractivity contribution in [3.05, 3.63) is 48.3 Å². The van der Waals surface area contributed by atoms with Gasteiger partial charge < -0.3 is 15.7 Å². The molecule has 0 amide bonds. The van der Waals surface area contributed by atoms with Crippen molar-refractivity contribution in [1.29, 1.82) is 0 Å². The molecule has 0 saturated carbocycles. The SMILES string of the molecule is CCNC(=NCC(C)(O)c1cnn(C)c1)NCCS(=O)(=O)c1ccccc1.I. The molecule has 1 atom stereocenters. The number of aliphatic imine (C=N–C) groups is 1. The van der Waals surface area contributed by atoms with Crippen molar-refractivity contribution >= 4 is 39.8 Å². The second-order valence-electron chi connectivity index (χ2n) is 6.43. The van der Waals surface area contributed by atoms with Crippen LogP contribution >= 0.6 is 24.0 Å². The van der Waals surface area contributed by atoms with E-state index in [2.05, 4.69) is 20.7 Å². The molecule has 10 heteroatoms.